The highest BCUT2D eigenvalue weighted by atomic mass is 16.5. The molecule has 1 fully saturated rings. The number of benzene rings is 1. The van der Waals surface area contributed by atoms with Gasteiger partial charge in [-0.05, 0) is 37.5 Å². The molecule has 1 atom stereocenters. The van der Waals surface area contributed by atoms with Crippen LogP contribution in [0.2, 0.25) is 6.82 Å². The Morgan fingerprint density at radius 1 is 1.29 bits per heavy atom. The molecule has 1 unspecified atom stereocenters. The van der Waals surface area contributed by atoms with E-state index in [-0.39, 0.29) is 12.0 Å². The van der Waals surface area contributed by atoms with Crippen molar-refractivity contribution >= 4 is 24.5 Å². The maximum absolute atomic E-state index is 10.3. The molecule has 5 rings (SSSR count). The van der Waals surface area contributed by atoms with E-state index in [0.717, 1.165) is 16.8 Å². The van der Waals surface area contributed by atoms with E-state index in [0.29, 0.717) is 48.5 Å². The third-order valence-electron chi connectivity index (χ3n) is 7.02. The van der Waals surface area contributed by atoms with Crippen molar-refractivity contribution in [1.82, 2.24) is 19.7 Å². The number of aliphatic hydroxyl groups is 1. The summed E-state index contributed by atoms with van der Waals surface area (Å²) in [7, 11) is 1.12. The number of aromatic nitrogens is 4. The van der Waals surface area contributed by atoms with Crippen LogP contribution < -0.4 is 10.1 Å². The predicted molar refractivity (Wildman–Crippen MR) is 132 cm³/mol. The molecule has 0 aliphatic carbocycles. The fourth-order valence-corrected chi connectivity index (χ4v) is 4.97. The fraction of sp³-hybridized carbons (Fsp3) is 0.417. The second-order valence-electron chi connectivity index (χ2n) is 9.99. The van der Waals surface area contributed by atoms with E-state index in [1.807, 2.05) is 30.8 Å². The monoisotopic (exact) mass is 473 g/mol. The van der Waals surface area contributed by atoms with Crippen LogP contribution in [0, 0.1) is 11.3 Å². The van der Waals surface area contributed by atoms with Crippen LogP contribution in [0.15, 0.2) is 30.5 Å². The normalized spacial score (nSPS) is 20.2. The molecule has 3 N–H and O–H groups in total. The van der Waals surface area contributed by atoms with Gasteiger partial charge in [-0.15, -0.1) is 0 Å². The molecular weight excluding hydrogens is 445 g/mol. The Balaban J connectivity index is 1.50. The summed E-state index contributed by atoms with van der Waals surface area (Å²) in [4.78, 5) is 10.8. The van der Waals surface area contributed by atoms with Crippen LogP contribution in [0.3, 0.4) is 0 Å². The van der Waals surface area contributed by atoms with Gasteiger partial charge in [-0.3, -0.25) is 4.68 Å². The third-order valence-corrected chi connectivity index (χ3v) is 7.02. The van der Waals surface area contributed by atoms with Gasteiger partial charge in [0.2, 0.25) is 5.95 Å². The van der Waals surface area contributed by atoms with E-state index < -0.39 is 12.5 Å². The van der Waals surface area contributed by atoms with Gasteiger partial charge < -0.3 is 25.0 Å². The predicted octanol–water partition coefficient (Wildman–Crippen LogP) is 1.96. The second-order valence-corrected chi connectivity index (χ2v) is 9.99. The number of anilines is 3. The minimum Gasteiger partial charge on any atom is -0.432 e. The number of hydrogen-bond donors (Lipinski definition) is 3. The zero-order valence-electron chi connectivity index (χ0n) is 20.3. The minimum atomic E-state index is -0.785. The summed E-state index contributed by atoms with van der Waals surface area (Å²) < 4.78 is 7.24. The van der Waals surface area contributed by atoms with Crippen LogP contribution in [0.4, 0.5) is 17.5 Å². The number of fused-ring (bicyclic) bond motifs is 1. The Morgan fingerprint density at radius 2 is 2.06 bits per heavy atom. The summed E-state index contributed by atoms with van der Waals surface area (Å²) in [6.45, 7) is 7.36. The number of nitrogens with zero attached hydrogens (tertiary/aromatic N) is 6. The number of ether oxygens (including phenoxy) is 1. The molecule has 11 heteroatoms. The molecule has 2 aliphatic rings. The zero-order chi connectivity index (χ0) is 25.0. The Kier molecular flexibility index (Phi) is 5.55. The van der Waals surface area contributed by atoms with Gasteiger partial charge >= 0.3 is 7.05 Å². The smallest absolute Gasteiger partial charge is 0.409 e. The number of aryl methyl sites for hydroxylation is 1. The van der Waals surface area contributed by atoms with Gasteiger partial charge in [0.25, 0.3) is 0 Å². The Labute approximate surface area is 204 Å². The van der Waals surface area contributed by atoms with Crippen molar-refractivity contribution in [2.24, 2.45) is 7.05 Å². The fourth-order valence-electron chi connectivity index (χ4n) is 4.97. The van der Waals surface area contributed by atoms with Crippen molar-refractivity contribution in [2.75, 3.05) is 36.5 Å². The van der Waals surface area contributed by atoms with Crippen molar-refractivity contribution in [3.8, 4) is 17.3 Å². The van der Waals surface area contributed by atoms with Gasteiger partial charge in [0.1, 0.15) is 6.07 Å². The van der Waals surface area contributed by atoms with Gasteiger partial charge in [-0.1, -0.05) is 6.92 Å². The topological polar surface area (TPSA) is 132 Å². The van der Waals surface area contributed by atoms with Crippen LogP contribution in [-0.2, 0) is 22.6 Å². The quantitative estimate of drug-likeness (QED) is 0.460. The van der Waals surface area contributed by atoms with E-state index in [1.54, 1.807) is 30.0 Å². The van der Waals surface area contributed by atoms with Crippen molar-refractivity contribution in [3.05, 3.63) is 47.3 Å². The van der Waals surface area contributed by atoms with Gasteiger partial charge in [0.05, 0.1) is 42.2 Å². The highest BCUT2D eigenvalue weighted by Gasteiger charge is 2.43. The summed E-state index contributed by atoms with van der Waals surface area (Å²) in [5, 5.41) is 38.1. The molecule has 0 spiro atoms. The molecule has 35 heavy (non-hydrogen) atoms. The van der Waals surface area contributed by atoms with Crippen LogP contribution in [0.1, 0.15) is 30.7 Å². The minimum absolute atomic E-state index is 0.0538. The molecule has 1 aromatic carbocycles. The first-order valence-corrected chi connectivity index (χ1v) is 11.5. The first kappa shape index (κ1) is 23.3. The average Bonchev–Trinajstić information content (AvgIpc) is 3.35. The largest absolute Gasteiger partial charge is 0.432 e. The number of nitrogens with one attached hydrogen (secondary N) is 1. The van der Waals surface area contributed by atoms with Crippen LogP contribution in [-0.4, -0.2) is 63.3 Å². The van der Waals surface area contributed by atoms with Crippen molar-refractivity contribution < 1.29 is 14.9 Å². The molecule has 0 radical (unpaired) electrons. The SMILES string of the molecule is CB(O)N1CC(C)(CO)c2cc(-c3ccnc(Nc4cc(C5(C)COC5)n(C)n4)n3)cc(C#N)c21. The lowest BCUT2D eigenvalue weighted by molar-refractivity contribution is -0.0537. The third kappa shape index (κ3) is 3.84. The molecule has 10 nitrogen and oxygen atoms in total. The number of aliphatic hydroxyl groups excluding tert-OH is 1. The standard InChI is InChI=1S/C24H28BN7O3/c1-23(12-33)11-32(25(3)34)21-16(10-26)7-15(8-17(21)23)18-5-6-27-22(28-18)29-20-9-19(31(4)30-20)24(2)13-35-14-24/h5-9,33-34H,11-14H2,1-4H3,(H,27,28,29,30). The summed E-state index contributed by atoms with van der Waals surface area (Å²) in [5.41, 5.74) is 3.67. The summed E-state index contributed by atoms with van der Waals surface area (Å²) >= 11 is 0. The lowest BCUT2D eigenvalue weighted by Gasteiger charge is -2.37. The van der Waals surface area contributed by atoms with Crippen LogP contribution in [0.5, 0.6) is 0 Å². The lowest BCUT2D eigenvalue weighted by atomic mass is 9.83. The maximum atomic E-state index is 10.3. The van der Waals surface area contributed by atoms with E-state index in [9.17, 15) is 15.4 Å². The Hall–Kier alpha value is -3.46. The maximum Gasteiger partial charge on any atom is 0.409 e. The van der Waals surface area contributed by atoms with Gasteiger partial charge in [-0.25, -0.2) is 9.97 Å². The van der Waals surface area contributed by atoms with Crippen LogP contribution in [0.25, 0.3) is 11.3 Å². The van der Waals surface area contributed by atoms with Gasteiger partial charge in [0.15, 0.2) is 5.82 Å². The molecule has 4 heterocycles. The van der Waals surface area contributed by atoms with E-state index in [4.69, 9.17) is 4.74 Å². The average molecular weight is 473 g/mol. The summed E-state index contributed by atoms with van der Waals surface area (Å²) in [6, 6.07) is 9.73. The lowest BCUT2D eigenvalue weighted by Crippen LogP contribution is -2.45. The molecule has 1 saturated heterocycles. The second kappa shape index (κ2) is 8.34. The highest BCUT2D eigenvalue weighted by molar-refractivity contribution is 6.54. The molecule has 0 saturated carbocycles. The Bertz CT molecular complexity index is 1330. The molecular formula is C24H28BN7O3. The molecule has 2 aromatic heterocycles. The van der Waals surface area contributed by atoms with Crippen molar-refractivity contribution in [2.45, 2.75) is 31.5 Å². The van der Waals surface area contributed by atoms with Crippen molar-refractivity contribution in [1.29, 1.82) is 5.26 Å². The first-order valence-electron chi connectivity index (χ1n) is 11.5. The molecule has 0 bridgehead atoms. The molecule has 2 aliphatic heterocycles. The van der Waals surface area contributed by atoms with Gasteiger partial charge in [0, 0.05) is 42.5 Å². The van der Waals surface area contributed by atoms with Crippen molar-refractivity contribution in [3.63, 3.8) is 0 Å². The van der Waals surface area contributed by atoms with E-state index >= 15 is 0 Å². The zero-order valence-corrected chi connectivity index (χ0v) is 20.3. The number of nitriles is 1. The van der Waals surface area contributed by atoms with Gasteiger partial charge in [-0.2, -0.15) is 10.4 Å². The van der Waals surface area contributed by atoms with E-state index in [2.05, 4.69) is 33.4 Å². The molecule has 180 valence electrons. The van der Waals surface area contributed by atoms with E-state index in [1.165, 1.54) is 0 Å². The first-order chi connectivity index (χ1) is 16.7. The molecule has 0 amide bonds. The number of rotatable bonds is 6. The number of hydrogen-bond acceptors (Lipinski definition) is 9. The summed E-state index contributed by atoms with van der Waals surface area (Å²) in [6.07, 6.45) is 1.65. The molecule has 3 aromatic rings. The van der Waals surface area contributed by atoms with Crippen LogP contribution >= 0.6 is 0 Å². The summed E-state index contributed by atoms with van der Waals surface area (Å²) in [5.74, 6) is 1.02. The Morgan fingerprint density at radius 3 is 2.69 bits per heavy atom. The highest BCUT2D eigenvalue weighted by Crippen LogP contribution is 2.45.